The molecule has 2 aromatic rings. The molecule has 82 valence electrons. The summed E-state index contributed by atoms with van der Waals surface area (Å²) in [5, 5.41) is 4.22. The van der Waals surface area contributed by atoms with E-state index in [0.717, 1.165) is 24.9 Å². The summed E-state index contributed by atoms with van der Waals surface area (Å²) in [7, 11) is 0. The Morgan fingerprint density at radius 2 is 2.31 bits per heavy atom. The number of rotatable bonds is 4. The molecule has 1 saturated carbocycles. The van der Waals surface area contributed by atoms with Crippen LogP contribution in [0, 0.1) is 5.92 Å². The van der Waals surface area contributed by atoms with Crippen LogP contribution in [0.4, 0.5) is 0 Å². The summed E-state index contributed by atoms with van der Waals surface area (Å²) in [5.74, 6) is 0.640. The Bertz CT molecular complexity index is 494. The summed E-state index contributed by atoms with van der Waals surface area (Å²) in [6.07, 6.45) is 6.12. The molecule has 0 unspecified atom stereocenters. The highest BCUT2D eigenvalue weighted by Crippen LogP contribution is 2.32. The molecular formula is C13H13NOS. The molecule has 0 N–H and O–H groups in total. The second kappa shape index (κ2) is 3.91. The van der Waals surface area contributed by atoms with E-state index in [1.807, 2.05) is 18.5 Å². The van der Waals surface area contributed by atoms with Gasteiger partial charge < -0.3 is 4.57 Å². The van der Waals surface area contributed by atoms with E-state index in [4.69, 9.17) is 0 Å². The monoisotopic (exact) mass is 231 g/mol. The molecule has 2 aromatic heterocycles. The van der Waals surface area contributed by atoms with Crippen LogP contribution in [0.15, 0.2) is 35.3 Å². The predicted molar refractivity (Wildman–Crippen MR) is 64.9 cm³/mol. The lowest BCUT2D eigenvalue weighted by Gasteiger charge is -1.99. The minimum atomic E-state index is 0.317. The van der Waals surface area contributed by atoms with Crippen molar-refractivity contribution in [2.75, 3.05) is 0 Å². The number of hydrogen-bond donors (Lipinski definition) is 0. The molecule has 2 heterocycles. The van der Waals surface area contributed by atoms with Crippen molar-refractivity contribution in [1.29, 1.82) is 0 Å². The van der Waals surface area contributed by atoms with Crippen LogP contribution in [0.5, 0.6) is 0 Å². The molecule has 0 aliphatic heterocycles. The Labute approximate surface area is 98.5 Å². The van der Waals surface area contributed by atoms with Crippen LogP contribution in [0.2, 0.25) is 0 Å². The van der Waals surface area contributed by atoms with Gasteiger partial charge in [0.15, 0.2) is 5.78 Å². The minimum absolute atomic E-state index is 0.317. The third-order valence-corrected chi connectivity index (χ3v) is 3.66. The lowest BCUT2D eigenvalue weighted by Crippen LogP contribution is -2.00. The maximum atomic E-state index is 11.8. The van der Waals surface area contributed by atoms with Gasteiger partial charge in [0.05, 0.1) is 0 Å². The fourth-order valence-corrected chi connectivity index (χ4v) is 2.52. The van der Waals surface area contributed by atoms with Crippen molar-refractivity contribution < 1.29 is 4.79 Å². The van der Waals surface area contributed by atoms with E-state index < -0.39 is 0 Å². The fraction of sp³-hybridized carbons (Fsp3) is 0.308. The predicted octanol–water partition coefficient (Wildman–Crippen LogP) is 3.19. The molecule has 0 amide bonds. The smallest absolute Gasteiger partial charge is 0.167 e. The van der Waals surface area contributed by atoms with E-state index in [1.165, 1.54) is 5.56 Å². The SMILES string of the molecule is O=C(c1ccn(Cc2ccsc2)c1)C1CC1. The first-order valence-corrected chi connectivity index (χ1v) is 6.48. The molecule has 0 radical (unpaired) electrons. The van der Waals surface area contributed by atoms with Gasteiger partial charge in [-0.15, -0.1) is 0 Å². The Hall–Kier alpha value is -1.35. The first kappa shape index (κ1) is 9.85. The van der Waals surface area contributed by atoms with Crippen molar-refractivity contribution in [3.8, 4) is 0 Å². The molecule has 0 spiro atoms. The molecule has 0 atom stereocenters. The van der Waals surface area contributed by atoms with E-state index in [-0.39, 0.29) is 0 Å². The number of carbonyl (C=O) groups is 1. The normalized spacial score (nSPS) is 15.2. The van der Waals surface area contributed by atoms with E-state index in [0.29, 0.717) is 11.7 Å². The van der Waals surface area contributed by atoms with Crippen molar-refractivity contribution in [2.24, 2.45) is 5.92 Å². The maximum absolute atomic E-state index is 11.8. The number of ketones is 1. The highest BCUT2D eigenvalue weighted by molar-refractivity contribution is 7.07. The number of nitrogens with zero attached hydrogens (tertiary/aromatic N) is 1. The van der Waals surface area contributed by atoms with Gasteiger partial charge in [0, 0.05) is 30.4 Å². The number of Topliss-reactive ketones (excluding diaryl/α,β-unsaturated/α-hetero) is 1. The van der Waals surface area contributed by atoms with Crippen molar-refractivity contribution in [3.05, 3.63) is 46.4 Å². The molecule has 1 fully saturated rings. The third kappa shape index (κ3) is 1.95. The number of aromatic nitrogens is 1. The fourth-order valence-electron chi connectivity index (χ4n) is 1.86. The van der Waals surface area contributed by atoms with Crippen LogP contribution in [0.1, 0.15) is 28.8 Å². The lowest BCUT2D eigenvalue weighted by molar-refractivity contribution is 0.0967. The number of carbonyl (C=O) groups excluding carboxylic acids is 1. The molecule has 3 rings (SSSR count). The lowest BCUT2D eigenvalue weighted by atomic mass is 10.1. The van der Waals surface area contributed by atoms with E-state index in [1.54, 1.807) is 11.3 Å². The quantitative estimate of drug-likeness (QED) is 0.741. The Morgan fingerprint density at radius 1 is 1.44 bits per heavy atom. The molecule has 1 aliphatic rings. The largest absolute Gasteiger partial charge is 0.349 e. The van der Waals surface area contributed by atoms with Gasteiger partial charge >= 0.3 is 0 Å². The number of thiophene rings is 1. The second-order valence-corrected chi connectivity index (χ2v) is 5.12. The summed E-state index contributed by atoms with van der Waals surface area (Å²) < 4.78 is 2.08. The summed E-state index contributed by atoms with van der Waals surface area (Å²) in [6.45, 7) is 0.863. The Kier molecular flexibility index (Phi) is 2.40. The Morgan fingerprint density at radius 3 is 3.00 bits per heavy atom. The van der Waals surface area contributed by atoms with Gasteiger partial charge in [0.1, 0.15) is 0 Å². The van der Waals surface area contributed by atoms with Crippen molar-refractivity contribution >= 4 is 17.1 Å². The summed E-state index contributed by atoms with van der Waals surface area (Å²) in [5.41, 5.74) is 2.17. The molecule has 3 heteroatoms. The molecule has 0 saturated heterocycles. The topological polar surface area (TPSA) is 22.0 Å². The van der Waals surface area contributed by atoms with Crippen LogP contribution < -0.4 is 0 Å². The molecule has 0 aromatic carbocycles. The van der Waals surface area contributed by atoms with Gasteiger partial charge in [0.25, 0.3) is 0 Å². The summed E-state index contributed by atoms with van der Waals surface area (Å²) in [4.78, 5) is 11.8. The highest BCUT2D eigenvalue weighted by Gasteiger charge is 2.30. The third-order valence-electron chi connectivity index (χ3n) is 2.93. The van der Waals surface area contributed by atoms with Crippen LogP contribution in [0.3, 0.4) is 0 Å². The zero-order valence-electron chi connectivity index (χ0n) is 8.93. The minimum Gasteiger partial charge on any atom is -0.349 e. The van der Waals surface area contributed by atoms with Gasteiger partial charge in [-0.05, 0) is 41.3 Å². The van der Waals surface area contributed by atoms with Crippen LogP contribution >= 0.6 is 11.3 Å². The number of hydrogen-bond acceptors (Lipinski definition) is 2. The molecule has 1 aliphatic carbocycles. The zero-order chi connectivity index (χ0) is 11.0. The van der Waals surface area contributed by atoms with Crippen LogP contribution in [-0.2, 0) is 6.54 Å². The van der Waals surface area contributed by atoms with Gasteiger partial charge in [-0.25, -0.2) is 0 Å². The standard InChI is InChI=1S/C13H13NOS/c15-13(11-1-2-11)12-3-5-14(8-12)7-10-4-6-16-9-10/h3-6,8-9,11H,1-2,7H2. The molecule has 2 nitrogen and oxygen atoms in total. The average molecular weight is 231 g/mol. The van der Waals surface area contributed by atoms with Gasteiger partial charge in [-0.2, -0.15) is 11.3 Å². The first-order valence-electron chi connectivity index (χ1n) is 5.54. The molecular weight excluding hydrogens is 218 g/mol. The van der Waals surface area contributed by atoms with Crippen LogP contribution in [0.25, 0.3) is 0 Å². The van der Waals surface area contributed by atoms with Crippen molar-refractivity contribution in [2.45, 2.75) is 19.4 Å². The van der Waals surface area contributed by atoms with Gasteiger partial charge in [-0.3, -0.25) is 4.79 Å². The molecule has 16 heavy (non-hydrogen) atoms. The van der Waals surface area contributed by atoms with E-state index in [2.05, 4.69) is 21.4 Å². The van der Waals surface area contributed by atoms with Gasteiger partial charge in [0.2, 0.25) is 0 Å². The second-order valence-electron chi connectivity index (χ2n) is 4.34. The summed E-state index contributed by atoms with van der Waals surface area (Å²) in [6, 6.07) is 4.06. The van der Waals surface area contributed by atoms with E-state index >= 15 is 0 Å². The van der Waals surface area contributed by atoms with Crippen molar-refractivity contribution in [3.63, 3.8) is 0 Å². The van der Waals surface area contributed by atoms with Crippen LogP contribution in [-0.4, -0.2) is 10.4 Å². The summed E-state index contributed by atoms with van der Waals surface area (Å²) >= 11 is 1.71. The first-order chi connectivity index (χ1) is 7.83. The average Bonchev–Trinajstić information content (AvgIpc) is 2.82. The maximum Gasteiger partial charge on any atom is 0.167 e. The van der Waals surface area contributed by atoms with Gasteiger partial charge in [-0.1, -0.05) is 0 Å². The molecule has 0 bridgehead atoms. The Balaban J connectivity index is 1.74. The van der Waals surface area contributed by atoms with E-state index in [9.17, 15) is 4.79 Å². The zero-order valence-corrected chi connectivity index (χ0v) is 9.74. The van der Waals surface area contributed by atoms with Crippen molar-refractivity contribution in [1.82, 2.24) is 4.57 Å². The highest BCUT2D eigenvalue weighted by atomic mass is 32.1.